The lowest BCUT2D eigenvalue weighted by molar-refractivity contribution is 0.117. The molecule has 3 aromatic rings. The summed E-state index contributed by atoms with van der Waals surface area (Å²) < 4.78 is 7.70. The van der Waals surface area contributed by atoms with Crippen molar-refractivity contribution in [3.63, 3.8) is 0 Å². The zero-order valence-corrected chi connectivity index (χ0v) is 17.6. The van der Waals surface area contributed by atoms with E-state index in [1.54, 1.807) is 0 Å². The minimum Gasteiger partial charge on any atom is -0.445 e. The molecular weight excluding hydrogens is 384 g/mol. The summed E-state index contributed by atoms with van der Waals surface area (Å²) in [5, 5.41) is 3.32. The zero-order valence-electron chi connectivity index (χ0n) is 17.6. The molecule has 2 unspecified atom stereocenters. The minimum atomic E-state index is -0.260. The van der Waals surface area contributed by atoms with Crippen molar-refractivity contribution in [1.82, 2.24) is 9.88 Å². The van der Waals surface area contributed by atoms with Gasteiger partial charge in [0.05, 0.1) is 0 Å². The first-order chi connectivity index (χ1) is 15.2. The lowest BCUT2D eigenvalue weighted by atomic mass is 9.68. The average Bonchev–Trinajstić information content (AvgIpc) is 3.47. The number of nitrogens with one attached hydrogen (secondary N) is 1. The van der Waals surface area contributed by atoms with Gasteiger partial charge in [-0.3, -0.25) is 0 Å². The van der Waals surface area contributed by atoms with Crippen LogP contribution in [0.5, 0.6) is 0 Å². The van der Waals surface area contributed by atoms with Gasteiger partial charge in [0, 0.05) is 23.6 Å². The van der Waals surface area contributed by atoms with E-state index in [0.717, 1.165) is 18.4 Å². The van der Waals surface area contributed by atoms with Gasteiger partial charge in [0.2, 0.25) is 0 Å². The summed E-state index contributed by atoms with van der Waals surface area (Å²) in [5.74, 6) is 2.53. The van der Waals surface area contributed by atoms with E-state index in [1.807, 2.05) is 30.3 Å². The number of hydrogen-bond acceptors (Lipinski definition) is 2. The fourth-order valence-electron chi connectivity index (χ4n) is 6.82. The summed E-state index contributed by atoms with van der Waals surface area (Å²) in [6.07, 6.45) is 8.51. The number of amides is 1. The maximum Gasteiger partial charge on any atom is 0.407 e. The van der Waals surface area contributed by atoms with E-state index in [9.17, 15) is 4.79 Å². The van der Waals surface area contributed by atoms with Crippen LogP contribution in [0.4, 0.5) is 4.79 Å². The van der Waals surface area contributed by atoms with Gasteiger partial charge in [-0.05, 0) is 84.7 Å². The van der Waals surface area contributed by atoms with Gasteiger partial charge >= 0.3 is 6.09 Å². The highest BCUT2D eigenvalue weighted by Crippen LogP contribution is 2.65. The number of nitrogens with zero attached hydrogens (tertiary/aromatic N) is 1. The summed E-state index contributed by atoms with van der Waals surface area (Å²) >= 11 is 0. The minimum absolute atomic E-state index is 0.0509. The van der Waals surface area contributed by atoms with Gasteiger partial charge in [0.1, 0.15) is 6.61 Å². The number of carbonyl (C=O) groups is 1. The maximum absolute atomic E-state index is 12.6. The summed E-state index contributed by atoms with van der Waals surface area (Å²) in [6.45, 7) is 0.330. The molecule has 4 nitrogen and oxygen atoms in total. The van der Waals surface area contributed by atoms with E-state index in [-0.39, 0.29) is 11.6 Å². The molecule has 4 bridgehead atoms. The third kappa shape index (κ3) is 3.25. The molecule has 1 aromatic heterocycles. The lowest BCUT2D eigenvalue weighted by Crippen LogP contribution is -2.50. The molecule has 1 heterocycles. The number of hydrogen-bond donors (Lipinski definition) is 1. The second kappa shape index (κ2) is 7.30. The van der Waals surface area contributed by atoms with E-state index in [1.165, 1.54) is 24.1 Å². The summed E-state index contributed by atoms with van der Waals surface area (Å²) in [6, 6.07) is 23.1. The van der Waals surface area contributed by atoms with Crippen molar-refractivity contribution in [3.8, 4) is 5.69 Å². The van der Waals surface area contributed by atoms with E-state index in [4.69, 9.17) is 4.74 Å². The highest BCUT2D eigenvalue weighted by Gasteiger charge is 2.62. The smallest absolute Gasteiger partial charge is 0.407 e. The summed E-state index contributed by atoms with van der Waals surface area (Å²) in [7, 11) is 0. The summed E-state index contributed by atoms with van der Waals surface area (Å²) in [5.41, 5.74) is 3.65. The van der Waals surface area contributed by atoms with Crippen molar-refractivity contribution in [2.45, 2.75) is 43.7 Å². The van der Waals surface area contributed by atoms with Gasteiger partial charge in [0.15, 0.2) is 0 Å². The molecule has 4 heteroatoms. The van der Waals surface area contributed by atoms with Crippen LogP contribution in [0.25, 0.3) is 5.69 Å². The first kappa shape index (κ1) is 18.7. The fraction of sp³-hybridized carbons (Fsp3) is 0.370. The molecule has 4 aliphatic rings. The Kier molecular flexibility index (Phi) is 4.41. The Morgan fingerprint density at radius 3 is 2.29 bits per heavy atom. The topological polar surface area (TPSA) is 43.3 Å². The van der Waals surface area contributed by atoms with Gasteiger partial charge < -0.3 is 14.6 Å². The molecule has 4 saturated carbocycles. The fourth-order valence-corrected chi connectivity index (χ4v) is 6.82. The molecule has 0 aliphatic heterocycles. The second-order valence-electron chi connectivity index (χ2n) is 9.65. The van der Waals surface area contributed by atoms with E-state index >= 15 is 0 Å². The largest absolute Gasteiger partial charge is 0.445 e. The van der Waals surface area contributed by atoms with Gasteiger partial charge in [0.25, 0.3) is 0 Å². The first-order valence-electron chi connectivity index (χ1n) is 11.4. The van der Waals surface area contributed by atoms with Crippen LogP contribution in [-0.4, -0.2) is 16.2 Å². The number of ether oxygens (including phenoxy) is 1. The van der Waals surface area contributed by atoms with Crippen LogP contribution in [0, 0.1) is 17.8 Å². The van der Waals surface area contributed by atoms with Crippen molar-refractivity contribution < 1.29 is 9.53 Å². The van der Waals surface area contributed by atoms with Crippen LogP contribution in [0.2, 0.25) is 0 Å². The predicted octanol–water partition coefficient (Wildman–Crippen LogP) is 5.68. The molecule has 0 spiro atoms. The zero-order chi connectivity index (χ0) is 20.8. The molecule has 4 fully saturated rings. The van der Waals surface area contributed by atoms with Gasteiger partial charge in [-0.2, -0.15) is 0 Å². The van der Waals surface area contributed by atoms with Crippen molar-refractivity contribution in [1.29, 1.82) is 0 Å². The first-order valence-corrected chi connectivity index (χ1v) is 11.4. The standard InChI is InChI=1S/C27H28N2O2/c30-26(31-18-19-6-2-1-3-7-19)28-27-16-21-14-23(27)15-22(17-27)25(21)20-8-10-24(11-9-20)29-12-4-5-13-29/h1-13,21-23,25H,14-18H2,(H,28,30). The number of rotatable bonds is 5. The Hall–Kier alpha value is -3.01. The van der Waals surface area contributed by atoms with Crippen LogP contribution in [0.3, 0.4) is 0 Å². The number of carbonyl (C=O) groups excluding carboxylic acids is 1. The monoisotopic (exact) mass is 412 g/mol. The second-order valence-corrected chi connectivity index (χ2v) is 9.65. The van der Waals surface area contributed by atoms with Crippen LogP contribution in [-0.2, 0) is 11.3 Å². The Morgan fingerprint density at radius 1 is 0.935 bits per heavy atom. The quantitative estimate of drug-likeness (QED) is 0.586. The molecule has 0 radical (unpaired) electrons. The number of aromatic nitrogens is 1. The third-order valence-corrected chi connectivity index (χ3v) is 7.97. The number of benzene rings is 2. The molecule has 1 N–H and O–H groups in total. The van der Waals surface area contributed by atoms with Gasteiger partial charge in [-0.1, -0.05) is 42.5 Å². The molecule has 0 saturated heterocycles. The van der Waals surface area contributed by atoms with Gasteiger partial charge in [-0.25, -0.2) is 4.79 Å². The molecule has 7 rings (SSSR count). The molecule has 4 aliphatic carbocycles. The average molecular weight is 413 g/mol. The molecule has 1 amide bonds. The third-order valence-electron chi connectivity index (χ3n) is 7.97. The van der Waals surface area contributed by atoms with Crippen LogP contribution in [0.15, 0.2) is 79.1 Å². The van der Waals surface area contributed by atoms with Crippen molar-refractivity contribution >= 4 is 6.09 Å². The van der Waals surface area contributed by atoms with Gasteiger partial charge in [-0.15, -0.1) is 0 Å². The Balaban J connectivity index is 1.13. The van der Waals surface area contributed by atoms with Crippen molar-refractivity contribution in [2.75, 3.05) is 0 Å². The highest BCUT2D eigenvalue weighted by molar-refractivity contribution is 5.69. The number of alkyl carbamates (subject to hydrolysis) is 1. The van der Waals surface area contributed by atoms with Crippen LogP contribution < -0.4 is 5.32 Å². The Morgan fingerprint density at radius 2 is 1.61 bits per heavy atom. The SMILES string of the molecule is O=C(NC12CC3CC1CC(C2)C3c1ccc(-n2cccc2)cc1)OCc1ccccc1. The van der Waals surface area contributed by atoms with E-state index < -0.39 is 0 Å². The lowest BCUT2D eigenvalue weighted by Gasteiger charge is -2.39. The van der Waals surface area contributed by atoms with Crippen LogP contribution >= 0.6 is 0 Å². The van der Waals surface area contributed by atoms with E-state index in [2.05, 4.69) is 58.7 Å². The van der Waals surface area contributed by atoms with Crippen molar-refractivity contribution in [2.24, 2.45) is 17.8 Å². The molecule has 2 atom stereocenters. The molecular formula is C27H28N2O2. The van der Waals surface area contributed by atoms with Crippen molar-refractivity contribution in [3.05, 3.63) is 90.3 Å². The normalized spacial score (nSPS) is 30.5. The highest BCUT2D eigenvalue weighted by atomic mass is 16.5. The Bertz CT molecular complexity index is 1040. The summed E-state index contributed by atoms with van der Waals surface area (Å²) in [4.78, 5) is 12.6. The molecule has 31 heavy (non-hydrogen) atoms. The van der Waals surface area contributed by atoms with Crippen LogP contribution in [0.1, 0.15) is 42.7 Å². The van der Waals surface area contributed by atoms with E-state index in [0.29, 0.717) is 30.3 Å². The Labute approximate surface area is 183 Å². The molecule has 158 valence electrons. The maximum atomic E-state index is 12.6. The predicted molar refractivity (Wildman–Crippen MR) is 120 cm³/mol. The molecule has 2 aromatic carbocycles.